The Hall–Kier alpha value is -1.10. The van der Waals surface area contributed by atoms with Crippen molar-refractivity contribution in [1.29, 1.82) is 0 Å². The minimum atomic E-state index is 0.508. The fourth-order valence-corrected chi connectivity index (χ4v) is 2.54. The van der Waals surface area contributed by atoms with E-state index in [4.69, 9.17) is 4.74 Å². The number of fused-ring (bicyclic) bond motifs is 1. The molecule has 0 saturated heterocycles. The first-order valence-corrected chi connectivity index (χ1v) is 6.18. The van der Waals surface area contributed by atoms with Crippen molar-refractivity contribution in [2.75, 3.05) is 7.11 Å². The van der Waals surface area contributed by atoms with Crippen LogP contribution >= 0.6 is 15.9 Å². The van der Waals surface area contributed by atoms with Crippen LogP contribution in [0.15, 0.2) is 16.6 Å². The number of hydrogen-bond acceptors (Lipinski definition) is 3. The van der Waals surface area contributed by atoms with Crippen LogP contribution in [0.25, 0.3) is 11.0 Å². The molecule has 1 aromatic heterocycles. The van der Waals surface area contributed by atoms with Gasteiger partial charge < -0.3 is 4.74 Å². The van der Waals surface area contributed by atoms with Gasteiger partial charge in [0.05, 0.1) is 13.2 Å². The van der Waals surface area contributed by atoms with Gasteiger partial charge in [0.15, 0.2) is 5.52 Å². The number of rotatable bonds is 2. The zero-order chi connectivity index (χ0) is 11.1. The van der Waals surface area contributed by atoms with Gasteiger partial charge in [-0.2, -0.15) is 0 Å². The Kier molecular flexibility index (Phi) is 2.35. The Morgan fingerprint density at radius 1 is 1.44 bits per heavy atom. The van der Waals surface area contributed by atoms with Crippen LogP contribution in [0.1, 0.15) is 25.3 Å². The van der Waals surface area contributed by atoms with E-state index in [1.807, 2.05) is 16.8 Å². The zero-order valence-electron chi connectivity index (χ0n) is 8.98. The minimum absolute atomic E-state index is 0.508. The molecule has 0 unspecified atom stereocenters. The molecule has 4 nitrogen and oxygen atoms in total. The molecule has 1 aliphatic rings. The molecule has 0 atom stereocenters. The van der Waals surface area contributed by atoms with E-state index in [1.54, 1.807) is 7.11 Å². The molecule has 0 amide bonds. The molecule has 3 rings (SSSR count). The van der Waals surface area contributed by atoms with E-state index in [0.717, 1.165) is 21.3 Å². The highest BCUT2D eigenvalue weighted by atomic mass is 79.9. The van der Waals surface area contributed by atoms with Crippen LogP contribution in [-0.4, -0.2) is 22.1 Å². The minimum Gasteiger partial charge on any atom is -0.494 e. The molecular weight excluding hydrogens is 270 g/mol. The third kappa shape index (κ3) is 1.34. The number of nitrogens with zero attached hydrogens (tertiary/aromatic N) is 3. The zero-order valence-corrected chi connectivity index (χ0v) is 10.6. The van der Waals surface area contributed by atoms with Crippen LogP contribution in [0.5, 0.6) is 5.75 Å². The number of ether oxygens (including phenoxy) is 1. The van der Waals surface area contributed by atoms with Crippen LogP contribution in [-0.2, 0) is 0 Å². The second-order valence-electron chi connectivity index (χ2n) is 4.07. The van der Waals surface area contributed by atoms with Gasteiger partial charge in [-0.25, -0.2) is 4.68 Å². The summed E-state index contributed by atoms with van der Waals surface area (Å²) in [4.78, 5) is 0. The second-order valence-corrected chi connectivity index (χ2v) is 4.92. The third-order valence-electron chi connectivity index (χ3n) is 3.18. The maximum Gasteiger partial charge on any atom is 0.156 e. The number of methoxy groups -OCH3 is 1. The fourth-order valence-electron chi connectivity index (χ4n) is 2.04. The highest BCUT2D eigenvalue weighted by Crippen LogP contribution is 2.37. The van der Waals surface area contributed by atoms with E-state index in [-0.39, 0.29) is 0 Å². The number of halogens is 1. The lowest BCUT2D eigenvalue weighted by Gasteiger charge is -2.25. The summed E-state index contributed by atoms with van der Waals surface area (Å²) in [5.41, 5.74) is 1.88. The molecule has 1 heterocycles. The highest BCUT2D eigenvalue weighted by molar-refractivity contribution is 9.10. The van der Waals surface area contributed by atoms with E-state index in [1.165, 1.54) is 19.3 Å². The van der Waals surface area contributed by atoms with Gasteiger partial charge in [0, 0.05) is 4.47 Å². The van der Waals surface area contributed by atoms with E-state index < -0.39 is 0 Å². The van der Waals surface area contributed by atoms with Crippen molar-refractivity contribution in [1.82, 2.24) is 15.0 Å². The van der Waals surface area contributed by atoms with Crippen molar-refractivity contribution in [2.45, 2.75) is 25.3 Å². The monoisotopic (exact) mass is 281 g/mol. The average Bonchev–Trinajstić information content (AvgIpc) is 2.62. The molecule has 1 fully saturated rings. The van der Waals surface area contributed by atoms with E-state index in [2.05, 4.69) is 26.2 Å². The molecule has 1 saturated carbocycles. The molecule has 1 aliphatic carbocycles. The second kappa shape index (κ2) is 3.73. The van der Waals surface area contributed by atoms with Gasteiger partial charge in [0.2, 0.25) is 0 Å². The van der Waals surface area contributed by atoms with Gasteiger partial charge in [0.1, 0.15) is 11.3 Å². The number of hydrogen-bond donors (Lipinski definition) is 0. The van der Waals surface area contributed by atoms with Crippen molar-refractivity contribution in [3.8, 4) is 5.75 Å². The Morgan fingerprint density at radius 2 is 2.25 bits per heavy atom. The summed E-state index contributed by atoms with van der Waals surface area (Å²) in [6.07, 6.45) is 3.68. The van der Waals surface area contributed by atoms with Crippen molar-refractivity contribution in [3.63, 3.8) is 0 Å². The molecular formula is C11H12BrN3O. The molecule has 2 aromatic rings. The van der Waals surface area contributed by atoms with Crippen molar-refractivity contribution in [3.05, 3.63) is 16.6 Å². The Bertz CT molecular complexity index is 533. The van der Waals surface area contributed by atoms with Gasteiger partial charge in [-0.05, 0) is 47.3 Å². The number of benzene rings is 1. The summed E-state index contributed by atoms with van der Waals surface area (Å²) < 4.78 is 8.34. The lowest BCUT2D eigenvalue weighted by Crippen LogP contribution is -2.18. The van der Waals surface area contributed by atoms with E-state index in [9.17, 15) is 0 Å². The first-order chi connectivity index (χ1) is 7.81. The first kappa shape index (κ1) is 10.1. The summed E-state index contributed by atoms with van der Waals surface area (Å²) >= 11 is 3.56. The SMILES string of the molecule is COc1ccc(Br)c2c1nnn2C1CCC1. The third-order valence-corrected chi connectivity index (χ3v) is 3.82. The van der Waals surface area contributed by atoms with E-state index >= 15 is 0 Å². The standard InChI is InChI=1S/C11H12BrN3O/c1-16-9-6-5-8(12)11-10(9)13-14-15(11)7-3-2-4-7/h5-7H,2-4H2,1H3. The quantitative estimate of drug-likeness (QED) is 0.850. The van der Waals surface area contributed by atoms with Crippen molar-refractivity contribution < 1.29 is 4.74 Å². The Balaban J connectivity index is 2.23. The van der Waals surface area contributed by atoms with E-state index in [0.29, 0.717) is 6.04 Å². The molecule has 16 heavy (non-hydrogen) atoms. The molecule has 0 aliphatic heterocycles. The maximum absolute atomic E-state index is 5.29. The Labute approximate surface area is 102 Å². The van der Waals surface area contributed by atoms with Gasteiger partial charge in [-0.3, -0.25) is 0 Å². The van der Waals surface area contributed by atoms with Crippen LogP contribution in [0.3, 0.4) is 0 Å². The van der Waals surface area contributed by atoms with Gasteiger partial charge in [-0.15, -0.1) is 5.10 Å². The normalized spacial score (nSPS) is 16.4. The molecule has 0 spiro atoms. The molecule has 1 aromatic carbocycles. The number of aromatic nitrogens is 3. The molecule has 0 bridgehead atoms. The summed E-state index contributed by atoms with van der Waals surface area (Å²) in [5.74, 6) is 0.781. The maximum atomic E-state index is 5.29. The summed E-state index contributed by atoms with van der Waals surface area (Å²) in [5, 5.41) is 8.45. The highest BCUT2D eigenvalue weighted by Gasteiger charge is 2.24. The largest absolute Gasteiger partial charge is 0.494 e. The molecule has 5 heteroatoms. The molecule has 0 radical (unpaired) electrons. The predicted octanol–water partition coefficient (Wildman–Crippen LogP) is 2.93. The summed E-state index contributed by atoms with van der Waals surface area (Å²) in [6, 6.07) is 4.40. The topological polar surface area (TPSA) is 39.9 Å². The van der Waals surface area contributed by atoms with Crippen LogP contribution < -0.4 is 4.74 Å². The van der Waals surface area contributed by atoms with Crippen LogP contribution in [0.2, 0.25) is 0 Å². The predicted molar refractivity (Wildman–Crippen MR) is 64.7 cm³/mol. The van der Waals surface area contributed by atoms with Crippen LogP contribution in [0, 0.1) is 0 Å². The fraction of sp³-hybridized carbons (Fsp3) is 0.455. The van der Waals surface area contributed by atoms with Crippen molar-refractivity contribution >= 4 is 27.0 Å². The molecule has 84 valence electrons. The lowest BCUT2D eigenvalue weighted by atomic mass is 9.93. The summed E-state index contributed by atoms with van der Waals surface area (Å²) in [6.45, 7) is 0. The van der Waals surface area contributed by atoms with Gasteiger partial charge in [-0.1, -0.05) is 5.21 Å². The smallest absolute Gasteiger partial charge is 0.156 e. The van der Waals surface area contributed by atoms with Gasteiger partial charge in [0.25, 0.3) is 0 Å². The van der Waals surface area contributed by atoms with Crippen molar-refractivity contribution in [2.24, 2.45) is 0 Å². The molecule has 0 N–H and O–H groups in total. The summed E-state index contributed by atoms with van der Waals surface area (Å²) in [7, 11) is 1.66. The first-order valence-electron chi connectivity index (χ1n) is 5.38. The van der Waals surface area contributed by atoms with Crippen LogP contribution in [0.4, 0.5) is 0 Å². The lowest BCUT2D eigenvalue weighted by molar-refractivity contribution is 0.292. The Morgan fingerprint density at radius 3 is 2.88 bits per heavy atom. The average molecular weight is 282 g/mol. The van der Waals surface area contributed by atoms with Gasteiger partial charge >= 0.3 is 0 Å².